The molecule has 3 aromatic rings. The number of H-pyrrole nitrogens is 1. The second-order valence-electron chi connectivity index (χ2n) is 3.99. The molecule has 0 aliphatic rings. The number of aromatic hydroxyl groups is 1. The van der Waals surface area contributed by atoms with Crippen LogP contribution in [0.5, 0.6) is 5.88 Å². The van der Waals surface area contributed by atoms with E-state index in [1.807, 2.05) is 0 Å². The minimum absolute atomic E-state index is 0.171. The lowest BCUT2D eigenvalue weighted by Crippen LogP contribution is -2.07. The number of anilines is 1. The van der Waals surface area contributed by atoms with Gasteiger partial charge in [0.05, 0.1) is 10.7 Å². The molecule has 6 nitrogen and oxygen atoms in total. The lowest BCUT2D eigenvalue weighted by molar-refractivity contribution is 0.453. The number of nitrogens with zero attached hydrogens (tertiary/aromatic N) is 2. The molecule has 0 saturated carbocycles. The summed E-state index contributed by atoms with van der Waals surface area (Å²) in [4.78, 5) is 14.0. The molecule has 2 aromatic heterocycles. The number of benzene rings is 1. The van der Waals surface area contributed by atoms with E-state index in [9.17, 15) is 9.90 Å². The predicted octanol–water partition coefficient (Wildman–Crippen LogP) is 1.65. The SMILES string of the molecule is Nc1c2c(=O)[nH]c(O)cc2nn1-c1ccccc1Cl. The summed E-state index contributed by atoms with van der Waals surface area (Å²) in [6.45, 7) is 0. The molecule has 0 amide bonds. The van der Waals surface area contributed by atoms with E-state index in [1.54, 1.807) is 24.3 Å². The summed E-state index contributed by atoms with van der Waals surface area (Å²) in [6.07, 6.45) is 0. The van der Waals surface area contributed by atoms with Crippen LogP contribution in [0, 0.1) is 0 Å². The van der Waals surface area contributed by atoms with Gasteiger partial charge in [-0.25, -0.2) is 4.68 Å². The number of hydrogen-bond acceptors (Lipinski definition) is 4. The average Bonchev–Trinajstić information content (AvgIpc) is 2.67. The van der Waals surface area contributed by atoms with Crippen LogP contribution < -0.4 is 11.3 Å². The Hall–Kier alpha value is -2.47. The van der Waals surface area contributed by atoms with E-state index in [2.05, 4.69) is 10.1 Å². The highest BCUT2D eigenvalue weighted by Crippen LogP contribution is 2.26. The fourth-order valence-corrected chi connectivity index (χ4v) is 2.15. The molecule has 19 heavy (non-hydrogen) atoms. The zero-order valence-electron chi connectivity index (χ0n) is 9.59. The normalized spacial score (nSPS) is 11.0. The van der Waals surface area contributed by atoms with Crippen molar-refractivity contribution in [2.45, 2.75) is 0 Å². The molecule has 3 rings (SSSR count). The highest BCUT2D eigenvalue weighted by atomic mass is 35.5. The quantitative estimate of drug-likeness (QED) is 0.629. The van der Waals surface area contributed by atoms with Crippen LogP contribution in [0.3, 0.4) is 0 Å². The molecule has 96 valence electrons. The molecule has 0 unspecified atom stereocenters. The van der Waals surface area contributed by atoms with Crippen molar-refractivity contribution in [2.24, 2.45) is 0 Å². The number of rotatable bonds is 1. The van der Waals surface area contributed by atoms with E-state index in [0.29, 0.717) is 16.2 Å². The van der Waals surface area contributed by atoms with Gasteiger partial charge in [-0.15, -0.1) is 0 Å². The number of para-hydroxylation sites is 1. The van der Waals surface area contributed by atoms with Crippen molar-refractivity contribution in [1.29, 1.82) is 0 Å². The summed E-state index contributed by atoms with van der Waals surface area (Å²) in [7, 11) is 0. The van der Waals surface area contributed by atoms with Gasteiger partial charge in [0, 0.05) is 6.07 Å². The Labute approximate surface area is 112 Å². The molecule has 0 aliphatic carbocycles. The van der Waals surface area contributed by atoms with E-state index in [4.69, 9.17) is 17.3 Å². The summed E-state index contributed by atoms with van der Waals surface area (Å²) < 4.78 is 1.38. The van der Waals surface area contributed by atoms with Gasteiger partial charge in [-0.1, -0.05) is 23.7 Å². The maximum atomic E-state index is 11.8. The van der Waals surface area contributed by atoms with E-state index < -0.39 is 5.56 Å². The molecule has 0 atom stereocenters. The molecular weight excluding hydrogens is 268 g/mol. The van der Waals surface area contributed by atoms with Gasteiger partial charge in [0.2, 0.25) is 0 Å². The molecule has 0 spiro atoms. The largest absolute Gasteiger partial charge is 0.494 e. The molecule has 2 heterocycles. The Morgan fingerprint density at radius 2 is 2.11 bits per heavy atom. The van der Waals surface area contributed by atoms with Gasteiger partial charge in [-0.05, 0) is 12.1 Å². The van der Waals surface area contributed by atoms with Gasteiger partial charge < -0.3 is 10.8 Å². The van der Waals surface area contributed by atoms with Crippen LogP contribution >= 0.6 is 11.6 Å². The third-order valence-electron chi connectivity index (χ3n) is 2.77. The van der Waals surface area contributed by atoms with E-state index in [-0.39, 0.29) is 17.1 Å². The molecule has 1 aromatic carbocycles. The summed E-state index contributed by atoms with van der Waals surface area (Å²) in [5.74, 6) is -0.0920. The number of nitrogen functional groups attached to an aromatic ring is 1. The molecule has 0 saturated heterocycles. The fraction of sp³-hybridized carbons (Fsp3) is 0. The van der Waals surface area contributed by atoms with Crippen molar-refractivity contribution in [2.75, 3.05) is 5.73 Å². The maximum absolute atomic E-state index is 11.8. The van der Waals surface area contributed by atoms with Crippen molar-refractivity contribution < 1.29 is 5.11 Å². The van der Waals surface area contributed by atoms with Crippen LogP contribution in [0.25, 0.3) is 16.6 Å². The van der Waals surface area contributed by atoms with Crippen LogP contribution in [0.2, 0.25) is 5.02 Å². The number of hydrogen-bond donors (Lipinski definition) is 3. The second-order valence-corrected chi connectivity index (χ2v) is 4.40. The summed E-state index contributed by atoms with van der Waals surface area (Å²) >= 11 is 6.08. The number of halogens is 1. The molecule has 4 N–H and O–H groups in total. The third-order valence-corrected chi connectivity index (χ3v) is 3.09. The molecule has 0 aliphatic heterocycles. The molecule has 0 fully saturated rings. The number of aromatic nitrogens is 3. The Bertz CT molecular complexity index is 837. The molecule has 7 heteroatoms. The number of fused-ring (bicyclic) bond motifs is 1. The van der Waals surface area contributed by atoms with Crippen molar-refractivity contribution in [1.82, 2.24) is 14.8 Å². The second kappa shape index (κ2) is 4.03. The van der Waals surface area contributed by atoms with Crippen LogP contribution in [0.15, 0.2) is 35.1 Å². The molecule has 0 bridgehead atoms. The first kappa shape index (κ1) is 11.6. The summed E-state index contributed by atoms with van der Waals surface area (Å²) in [6, 6.07) is 8.34. The number of nitrogens with one attached hydrogen (secondary N) is 1. The van der Waals surface area contributed by atoms with Gasteiger partial charge in [0.1, 0.15) is 16.7 Å². The minimum Gasteiger partial charge on any atom is -0.494 e. The lowest BCUT2D eigenvalue weighted by Gasteiger charge is -2.05. The van der Waals surface area contributed by atoms with Crippen molar-refractivity contribution >= 4 is 28.3 Å². The van der Waals surface area contributed by atoms with Crippen molar-refractivity contribution in [3.05, 3.63) is 45.7 Å². The standard InChI is InChI=1S/C12H9ClN4O2/c13-6-3-1-2-4-8(6)17-11(14)10-7(16-17)5-9(18)15-12(10)19/h1-5,18H,14H2,(H,15,19). The van der Waals surface area contributed by atoms with Gasteiger partial charge in [0.25, 0.3) is 5.56 Å². The highest BCUT2D eigenvalue weighted by Gasteiger charge is 2.15. The van der Waals surface area contributed by atoms with Crippen molar-refractivity contribution in [3.8, 4) is 11.6 Å². The first-order valence-corrected chi connectivity index (χ1v) is 5.81. The van der Waals surface area contributed by atoms with Gasteiger partial charge >= 0.3 is 0 Å². The number of nitrogens with two attached hydrogens (primary N) is 1. The Balaban J connectivity index is 2.39. The summed E-state index contributed by atoms with van der Waals surface area (Å²) in [5, 5.41) is 14.2. The smallest absolute Gasteiger partial charge is 0.263 e. The van der Waals surface area contributed by atoms with Gasteiger partial charge in [0.15, 0.2) is 5.88 Å². The lowest BCUT2D eigenvalue weighted by atomic mass is 10.3. The minimum atomic E-state index is -0.495. The van der Waals surface area contributed by atoms with Crippen LogP contribution in [-0.2, 0) is 0 Å². The van der Waals surface area contributed by atoms with E-state index >= 15 is 0 Å². The predicted molar refractivity (Wildman–Crippen MR) is 72.8 cm³/mol. The third kappa shape index (κ3) is 1.73. The number of aromatic amines is 1. The monoisotopic (exact) mass is 276 g/mol. The molecular formula is C12H9ClN4O2. The highest BCUT2D eigenvalue weighted by molar-refractivity contribution is 6.32. The average molecular weight is 277 g/mol. The Kier molecular flexibility index (Phi) is 2.46. The zero-order valence-corrected chi connectivity index (χ0v) is 10.3. The topological polar surface area (TPSA) is 96.9 Å². The molecule has 0 radical (unpaired) electrons. The first-order chi connectivity index (χ1) is 9.08. The first-order valence-electron chi connectivity index (χ1n) is 5.43. The maximum Gasteiger partial charge on any atom is 0.263 e. The van der Waals surface area contributed by atoms with Crippen molar-refractivity contribution in [3.63, 3.8) is 0 Å². The van der Waals surface area contributed by atoms with Crippen LogP contribution in [0.1, 0.15) is 0 Å². The summed E-state index contributed by atoms with van der Waals surface area (Å²) in [5.41, 5.74) is 6.31. The number of pyridine rings is 1. The van der Waals surface area contributed by atoms with Gasteiger partial charge in [-0.2, -0.15) is 5.10 Å². The van der Waals surface area contributed by atoms with E-state index in [1.165, 1.54) is 10.7 Å². The fourth-order valence-electron chi connectivity index (χ4n) is 1.93. The van der Waals surface area contributed by atoms with Crippen LogP contribution in [0.4, 0.5) is 5.82 Å². The van der Waals surface area contributed by atoms with Crippen LogP contribution in [-0.4, -0.2) is 19.9 Å². The van der Waals surface area contributed by atoms with E-state index in [0.717, 1.165) is 0 Å². The zero-order chi connectivity index (χ0) is 13.6. The Morgan fingerprint density at radius 3 is 2.84 bits per heavy atom. The van der Waals surface area contributed by atoms with Gasteiger partial charge in [-0.3, -0.25) is 9.78 Å². The Morgan fingerprint density at radius 1 is 1.37 bits per heavy atom.